The highest BCUT2D eigenvalue weighted by atomic mass is 16.3. The van der Waals surface area contributed by atoms with Gasteiger partial charge in [-0.1, -0.05) is 13.8 Å². The first-order valence-electron chi connectivity index (χ1n) is 4.89. The molecule has 1 aliphatic heterocycles. The maximum atomic E-state index is 9.15. The molecule has 0 spiro atoms. The maximum absolute atomic E-state index is 9.15. The molecule has 0 aromatic carbocycles. The summed E-state index contributed by atoms with van der Waals surface area (Å²) in [4.78, 5) is 2.14. The molecule has 1 aliphatic rings. The summed E-state index contributed by atoms with van der Waals surface area (Å²) in [7, 11) is 0. The third kappa shape index (κ3) is 3.60. The maximum Gasteiger partial charge on any atom is 0.0897 e. The predicted molar refractivity (Wildman–Crippen MR) is 51.6 cm³/mol. The van der Waals surface area contributed by atoms with Crippen LogP contribution in [0.3, 0.4) is 0 Å². The lowest BCUT2D eigenvalue weighted by atomic mass is 10.1. The Balaban J connectivity index is 2.05. The standard InChI is InChI=1S/C9H20N2O2/c1-7(2)10-8-3-11(4-8)5-9(13)6-12/h7-10,12-13H,3-6H2,1-2H3/t9-/m0/s1. The molecule has 1 heterocycles. The van der Waals surface area contributed by atoms with Gasteiger partial charge in [0.25, 0.3) is 0 Å². The van der Waals surface area contributed by atoms with E-state index in [2.05, 4.69) is 24.1 Å². The van der Waals surface area contributed by atoms with Crippen LogP contribution in [0.5, 0.6) is 0 Å². The van der Waals surface area contributed by atoms with E-state index in [-0.39, 0.29) is 6.61 Å². The van der Waals surface area contributed by atoms with Crippen LogP contribution >= 0.6 is 0 Å². The molecule has 3 N–H and O–H groups in total. The van der Waals surface area contributed by atoms with Crippen molar-refractivity contribution in [3.63, 3.8) is 0 Å². The van der Waals surface area contributed by atoms with Gasteiger partial charge in [0.15, 0.2) is 0 Å². The number of β-amino-alcohol motifs (C(OH)–C–C–N with tert-alkyl or cyclic N) is 1. The fourth-order valence-electron chi connectivity index (χ4n) is 1.65. The number of aliphatic hydroxyl groups is 2. The molecule has 0 aliphatic carbocycles. The average molecular weight is 188 g/mol. The first-order chi connectivity index (χ1) is 6.11. The molecule has 0 unspecified atom stereocenters. The van der Waals surface area contributed by atoms with Crippen molar-refractivity contribution in [3.8, 4) is 0 Å². The number of rotatable bonds is 5. The normalized spacial score (nSPS) is 21.9. The first-order valence-corrected chi connectivity index (χ1v) is 4.89. The van der Waals surface area contributed by atoms with Crippen molar-refractivity contribution in [2.24, 2.45) is 0 Å². The van der Waals surface area contributed by atoms with Gasteiger partial charge in [0.2, 0.25) is 0 Å². The van der Waals surface area contributed by atoms with E-state index in [1.807, 2.05) is 0 Å². The number of hydrogen-bond acceptors (Lipinski definition) is 4. The van der Waals surface area contributed by atoms with Crippen LogP contribution in [-0.2, 0) is 0 Å². The van der Waals surface area contributed by atoms with Gasteiger partial charge in [-0.25, -0.2) is 0 Å². The lowest BCUT2D eigenvalue weighted by Gasteiger charge is -2.41. The van der Waals surface area contributed by atoms with Crippen LogP contribution in [0.2, 0.25) is 0 Å². The van der Waals surface area contributed by atoms with Crippen LogP contribution in [0.1, 0.15) is 13.8 Å². The zero-order chi connectivity index (χ0) is 9.84. The molecule has 4 nitrogen and oxygen atoms in total. The summed E-state index contributed by atoms with van der Waals surface area (Å²) >= 11 is 0. The van der Waals surface area contributed by atoms with Crippen molar-refractivity contribution in [1.29, 1.82) is 0 Å². The molecule has 0 amide bonds. The SMILES string of the molecule is CC(C)NC1CN(C[C@H](O)CO)C1. The van der Waals surface area contributed by atoms with Gasteiger partial charge >= 0.3 is 0 Å². The van der Waals surface area contributed by atoms with E-state index in [4.69, 9.17) is 10.2 Å². The summed E-state index contributed by atoms with van der Waals surface area (Å²) in [6.45, 7) is 6.67. The molecular formula is C9H20N2O2. The molecule has 0 bridgehead atoms. The quantitative estimate of drug-likeness (QED) is 0.519. The van der Waals surface area contributed by atoms with E-state index in [9.17, 15) is 0 Å². The largest absolute Gasteiger partial charge is 0.394 e. The molecule has 1 fully saturated rings. The summed E-state index contributed by atoms with van der Waals surface area (Å²) in [5.74, 6) is 0. The Morgan fingerprint density at radius 2 is 2.08 bits per heavy atom. The molecule has 0 saturated carbocycles. The Hall–Kier alpha value is -0.160. The van der Waals surface area contributed by atoms with Crippen LogP contribution in [0, 0.1) is 0 Å². The zero-order valence-corrected chi connectivity index (χ0v) is 8.40. The predicted octanol–water partition coefficient (Wildman–Crippen LogP) is -0.978. The van der Waals surface area contributed by atoms with E-state index < -0.39 is 6.10 Å². The van der Waals surface area contributed by atoms with Gasteiger partial charge < -0.3 is 15.5 Å². The molecule has 1 saturated heterocycles. The van der Waals surface area contributed by atoms with Crippen LogP contribution in [0.15, 0.2) is 0 Å². The minimum atomic E-state index is -0.583. The summed E-state index contributed by atoms with van der Waals surface area (Å²) in [6, 6.07) is 1.08. The molecule has 0 aromatic heterocycles. The number of aliphatic hydroxyl groups excluding tert-OH is 2. The molecule has 0 aromatic rings. The highest BCUT2D eigenvalue weighted by molar-refractivity contribution is 4.87. The Kier molecular flexibility index (Phi) is 4.12. The summed E-state index contributed by atoms with van der Waals surface area (Å²) < 4.78 is 0. The fourth-order valence-corrected chi connectivity index (χ4v) is 1.65. The lowest BCUT2D eigenvalue weighted by Crippen LogP contribution is -2.60. The molecule has 4 heteroatoms. The van der Waals surface area contributed by atoms with Gasteiger partial charge in [-0.2, -0.15) is 0 Å². The van der Waals surface area contributed by atoms with Crippen molar-refractivity contribution < 1.29 is 10.2 Å². The summed E-state index contributed by atoms with van der Waals surface area (Å²) in [5, 5.41) is 21.2. The van der Waals surface area contributed by atoms with Crippen LogP contribution in [0.25, 0.3) is 0 Å². The van der Waals surface area contributed by atoms with Crippen molar-refractivity contribution in [2.75, 3.05) is 26.2 Å². The highest BCUT2D eigenvalue weighted by Crippen LogP contribution is 2.08. The van der Waals surface area contributed by atoms with Crippen LogP contribution in [0.4, 0.5) is 0 Å². The van der Waals surface area contributed by atoms with Crippen LogP contribution < -0.4 is 5.32 Å². The molecule has 1 atom stereocenters. The first kappa shape index (κ1) is 10.9. The van der Waals surface area contributed by atoms with E-state index in [0.29, 0.717) is 18.6 Å². The van der Waals surface area contributed by atoms with Gasteiger partial charge in [0.1, 0.15) is 0 Å². The summed E-state index contributed by atoms with van der Waals surface area (Å²) in [6.07, 6.45) is -0.583. The highest BCUT2D eigenvalue weighted by Gasteiger charge is 2.27. The molecular weight excluding hydrogens is 168 g/mol. The number of nitrogens with one attached hydrogen (secondary N) is 1. The molecule has 13 heavy (non-hydrogen) atoms. The molecule has 78 valence electrons. The van der Waals surface area contributed by atoms with Gasteiger partial charge in [0, 0.05) is 31.7 Å². The Morgan fingerprint density at radius 1 is 1.46 bits per heavy atom. The monoisotopic (exact) mass is 188 g/mol. The third-order valence-corrected chi connectivity index (χ3v) is 2.21. The smallest absolute Gasteiger partial charge is 0.0897 e. The van der Waals surface area contributed by atoms with Crippen molar-refractivity contribution in [3.05, 3.63) is 0 Å². The van der Waals surface area contributed by atoms with Gasteiger partial charge in [-0.15, -0.1) is 0 Å². The van der Waals surface area contributed by atoms with Gasteiger partial charge in [0.05, 0.1) is 12.7 Å². The van der Waals surface area contributed by atoms with Crippen molar-refractivity contribution >= 4 is 0 Å². The van der Waals surface area contributed by atoms with E-state index in [1.165, 1.54) is 0 Å². The third-order valence-electron chi connectivity index (χ3n) is 2.21. The van der Waals surface area contributed by atoms with Crippen molar-refractivity contribution in [2.45, 2.75) is 32.0 Å². The zero-order valence-electron chi connectivity index (χ0n) is 8.40. The van der Waals surface area contributed by atoms with E-state index in [0.717, 1.165) is 13.1 Å². The van der Waals surface area contributed by atoms with Gasteiger partial charge in [-0.05, 0) is 0 Å². The topological polar surface area (TPSA) is 55.7 Å². The minimum absolute atomic E-state index is 0.140. The van der Waals surface area contributed by atoms with Gasteiger partial charge in [-0.3, -0.25) is 4.90 Å². The second-order valence-electron chi connectivity index (χ2n) is 4.07. The Morgan fingerprint density at radius 3 is 2.54 bits per heavy atom. The average Bonchev–Trinajstić information content (AvgIpc) is 1.99. The van der Waals surface area contributed by atoms with Crippen molar-refractivity contribution in [1.82, 2.24) is 10.2 Å². The summed E-state index contributed by atoms with van der Waals surface area (Å²) in [5.41, 5.74) is 0. The number of nitrogens with zero attached hydrogens (tertiary/aromatic N) is 1. The lowest BCUT2D eigenvalue weighted by molar-refractivity contribution is 0.0242. The second-order valence-corrected chi connectivity index (χ2v) is 4.07. The minimum Gasteiger partial charge on any atom is -0.394 e. The van der Waals surface area contributed by atoms with E-state index in [1.54, 1.807) is 0 Å². The number of hydrogen-bond donors (Lipinski definition) is 3. The molecule has 1 rings (SSSR count). The second kappa shape index (κ2) is 4.91. The Labute approximate surface area is 79.6 Å². The number of likely N-dealkylation sites (tertiary alicyclic amines) is 1. The van der Waals surface area contributed by atoms with E-state index >= 15 is 0 Å². The van der Waals surface area contributed by atoms with Crippen LogP contribution in [-0.4, -0.2) is 59.5 Å². The Bertz CT molecular complexity index is 147. The molecule has 0 radical (unpaired) electrons. The fraction of sp³-hybridized carbons (Fsp3) is 1.00.